The molecule has 1 aliphatic rings. The van der Waals surface area contributed by atoms with Crippen LogP contribution in [0.5, 0.6) is 0 Å². The minimum Gasteiger partial charge on any atom is -0.373 e. The Kier molecular flexibility index (Phi) is 3.69. The molecular formula is C9H18N2O2. The zero-order chi connectivity index (χ0) is 9.73. The maximum absolute atomic E-state index is 11.1. The molecule has 0 radical (unpaired) electrons. The summed E-state index contributed by atoms with van der Waals surface area (Å²) in [7, 11) is 0. The highest BCUT2D eigenvalue weighted by atomic mass is 16.5. The third-order valence-corrected chi connectivity index (χ3v) is 2.33. The molecule has 0 saturated carbocycles. The van der Waals surface area contributed by atoms with Gasteiger partial charge in [0.15, 0.2) is 0 Å². The lowest BCUT2D eigenvalue weighted by molar-refractivity contribution is -0.122. The van der Waals surface area contributed by atoms with Gasteiger partial charge in [0.25, 0.3) is 0 Å². The van der Waals surface area contributed by atoms with E-state index in [1.54, 1.807) is 0 Å². The highest BCUT2D eigenvalue weighted by Crippen LogP contribution is 2.23. The standard InChI is InChI=1S/C9H18N2O2/c1-9(4-2-6-13-9)7-11-8(12)3-5-10/h2-7,10H2,1H3,(H,11,12). The van der Waals surface area contributed by atoms with E-state index in [0.29, 0.717) is 19.5 Å². The molecule has 4 nitrogen and oxygen atoms in total. The fraction of sp³-hybridized carbons (Fsp3) is 0.889. The van der Waals surface area contributed by atoms with E-state index in [4.69, 9.17) is 10.5 Å². The molecule has 4 heteroatoms. The predicted octanol–water partition coefficient (Wildman–Crippen LogP) is 0.0205. The van der Waals surface area contributed by atoms with Crippen LogP contribution >= 0.6 is 0 Å². The summed E-state index contributed by atoms with van der Waals surface area (Å²) in [5.74, 6) is 0.0132. The lowest BCUT2D eigenvalue weighted by Crippen LogP contribution is -2.40. The average Bonchev–Trinajstić information content (AvgIpc) is 2.51. The van der Waals surface area contributed by atoms with E-state index in [9.17, 15) is 4.79 Å². The monoisotopic (exact) mass is 186 g/mol. The largest absolute Gasteiger partial charge is 0.373 e. The molecule has 1 rings (SSSR count). The summed E-state index contributed by atoms with van der Waals surface area (Å²) in [5.41, 5.74) is 5.11. The average molecular weight is 186 g/mol. The van der Waals surface area contributed by atoms with Gasteiger partial charge in [0.2, 0.25) is 5.91 Å². The number of ether oxygens (including phenoxy) is 1. The first-order valence-electron chi connectivity index (χ1n) is 4.77. The van der Waals surface area contributed by atoms with Gasteiger partial charge in [0, 0.05) is 26.1 Å². The smallest absolute Gasteiger partial charge is 0.221 e. The van der Waals surface area contributed by atoms with E-state index >= 15 is 0 Å². The molecule has 1 unspecified atom stereocenters. The third kappa shape index (κ3) is 3.32. The SMILES string of the molecule is CC1(CNC(=O)CCN)CCCO1. The van der Waals surface area contributed by atoms with Crippen molar-refractivity contribution in [3.8, 4) is 0 Å². The maximum atomic E-state index is 11.1. The van der Waals surface area contributed by atoms with Crippen LogP contribution in [0.4, 0.5) is 0 Å². The van der Waals surface area contributed by atoms with Crippen LogP contribution in [0, 0.1) is 0 Å². The second-order valence-corrected chi connectivity index (χ2v) is 3.72. The van der Waals surface area contributed by atoms with Gasteiger partial charge in [-0.2, -0.15) is 0 Å². The van der Waals surface area contributed by atoms with E-state index in [1.807, 2.05) is 6.92 Å². The van der Waals surface area contributed by atoms with Crippen LogP contribution in [0.15, 0.2) is 0 Å². The zero-order valence-electron chi connectivity index (χ0n) is 8.14. The van der Waals surface area contributed by atoms with E-state index < -0.39 is 0 Å². The number of hydrogen-bond donors (Lipinski definition) is 2. The molecule has 1 saturated heterocycles. The minimum absolute atomic E-state index is 0.0132. The van der Waals surface area contributed by atoms with Crippen LogP contribution in [-0.2, 0) is 9.53 Å². The zero-order valence-corrected chi connectivity index (χ0v) is 8.14. The normalized spacial score (nSPS) is 27.5. The second-order valence-electron chi connectivity index (χ2n) is 3.72. The predicted molar refractivity (Wildman–Crippen MR) is 50.3 cm³/mol. The van der Waals surface area contributed by atoms with Crippen molar-refractivity contribution in [2.24, 2.45) is 5.73 Å². The molecule has 0 aromatic rings. The van der Waals surface area contributed by atoms with Crippen molar-refractivity contribution in [3.05, 3.63) is 0 Å². The van der Waals surface area contributed by atoms with Crippen molar-refractivity contribution < 1.29 is 9.53 Å². The van der Waals surface area contributed by atoms with Gasteiger partial charge in [-0.25, -0.2) is 0 Å². The van der Waals surface area contributed by atoms with Gasteiger partial charge in [0.05, 0.1) is 5.60 Å². The number of rotatable bonds is 4. The van der Waals surface area contributed by atoms with Crippen molar-refractivity contribution in [1.29, 1.82) is 0 Å². The maximum Gasteiger partial charge on any atom is 0.221 e. The fourth-order valence-corrected chi connectivity index (χ4v) is 1.48. The number of nitrogens with two attached hydrogens (primary N) is 1. The van der Waals surface area contributed by atoms with Crippen LogP contribution in [0.1, 0.15) is 26.2 Å². The van der Waals surface area contributed by atoms with Crippen LogP contribution < -0.4 is 11.1 Å². The molecule has 0 aromatic carbocycles. The topological polar surface area (TPSA) is 64.4 Å². The first-order valence-corrected chi connectivity index (χ1v) is 4.77. The molecule has 76 valence electrons. The van der Waals surface area contributed by atoms with E-state index in [0.717, 1.165) is 19.4 Å². The van der Waals surface area contributed by atoms with E-state index in [2.05, 4.69) is 5.32 Å². The molecule has 1 amide bonds. The third-order valence-electron chi connectivity index (χ3n) is 2.33. The Balaban J connectivity index is 2.21. The molecule has 1 atom stereocenters. The molecule has 0 aromatic heterocycles. The summed E-state index contributed by atoms with van der Waals surface area (Å²) in [5, 5.41) is 2.82. The number of amides is 1. The first kappa shape index (κ1) is 10.5. The van der Waals surface area contributed by atoms with Crippen LogP contribution in [0.2, 0.25) is 0 Å². The quantitative estimate of drug-likeness (QED) is 0.650. The summed E-state index contributed by atoms with van der Waals surface area (Å²) < 4.78 is 5.52. The van der Waals surface area contributed by atoms with Gasteiger partial charge in [-0.15, -0.1) is 0 Å². The van der Waals surface area contributed by atoms with Crippen LogP contribution in [0.3, 0.4) is 0 Å². The molecule has 13 heavy (non-hydrogen) atoms. The summed E-state index contributed by atoms with van der Waals surface area (Å²) in [4.78, 5) is 11.1. The molecular weight excluding hydrogens is 168 g/mol. The van der Waals surface area contributed by atoms with E-state index in [1.165, 1.54) is 0 Å². The van der Waals surface area contributed by atoms with Gasteiger partial charge < -0.3 is 15.8 Å². The number of hydrogen-bond acceptors (Lipinski definition) is 3. The van der Waals surface area contributed by atoms with Gasteiger partial charge in [0.1, 0.15) is 0 Å². The second kappa shape index (κ2) is 4.58. The molecule has 0 aliphatic carbocycles. The van der Waals surface area contributed by atoms with E-state index in [-0.39, 0.29) is 11.5 Å². The van der Waals surface area contributed by atoms with Crippen molar-refractivity contribution in [2.45, 2.75) is 31.8 Å². The highest BCUT2D eigenvalue weighted by Gasteiger charge is 2.29. The van der Waals surface area contributed by atoms with Crippen molar-refractivity contribution >= 4 is 5.91 Å². The Labute approximate surface area is 78.8 Å². The molecule has 0 bridgehead atoms. The molecule has 1 heterocycles. The van der Waals surface area contributed by atoms with Crippen LogP contribution in [0.25, 0.3) is 0 Å². The Bertz CT molecular complexity index is 176. The number of nitrogens with one attached hydrogen (secondary N) is 1. The Morgan fingerprint density at radius 3 is 3.00 bits per heavy atom. The van der Waals surface area contributed by atoms with Gasteiger partial charge >= 0.3 is 0 Å². The van der Waals surface area contributed by atoms with Gasteiger partial charge in [-0.05, 0) is 19.8 Å². The Hall–Kier alpha value is -0.610. The highest BCUT2D eigenvalue weighted by molar-refractivity contribution is 5.76. The summed E-state index contributed by atoms with van der Waals surface area (Å²) in [6.07, 6.45) is 2.51. The lowest BCUT2D eigenvalue weighted by atomic mass is 10.0. The summed E-state index contributed by atoms with van der Waals surface area (Å²) in [6, 6.07) is 0. The summed E-state index contributed by atoms with van der Waals surface area (Å²) in [6.45, 7) is 3.85. The number of carbonyl (C=O) groups excluding carboxylic acids is 1. The van der Waals surface area contributed by atoms with Crippen molar-refractivity contribution in [2.75, 3.05) is 19.7 Å². The van der Waals surface area contributed by atoms with Crippen molar-refractivity contribution in [3.63, 3.8) is 0 Å². The molecule has 1 aliphatic heterocycles. The molecule has 1 fully saturated rings. The summed E-state index contributed by atoms with van der Waals surface area (Å²) >= 11 is 0. The van der Waals surface area contributed by atoms with Gasteiger partial charge in [-0.1, -0.05) is 0 Å². The Morgan fingerprint density at radius 1 is 1.69 bits per heavy atom. The first-order chi connectivity index (χ1) is 6.16. The fourth-order valence-electron chi connectivity index (χ4n) is 1.48. The molecule has 3 N–H and O–H groups in total. The minimum atomic E-state index is -0.149. The van der Waals surface area contributed by atoms with Crippen LogP contribution in [-0.4, -0.2) is 31.2 Å². The molecule has 0 spiro atoms. The Morgan fingerprint density at radius 2 is 2.46 bits per heavy atom. The number of carbonyl (C=O) groups is 1. The van der Waals surface area contributed by atoms with Crippen molar-refractivity contribution in [1.82, 2.24) is 5.32 Å². The lowest BCUT2D eigenvalue weighted by Gasteiger charge is -2.23. The van der Waals surface area contributed by atoms with Gasteiger partial charge in [-0.3, -0.25) is 4.79 Å².